The number of anilines is 1. The zero-order valence-corrected chi connectivity index (χ0v) is 9.87. The standard InChI is InChI=1S/C12H15N3O2/c1-3-15(2)12-13-11(17-14-12)10(16)9-7-5-4-6-8-9/h4-8,10,16H,3H2,1-2H3. The zero-order valence-electron chi connectivity index (χ0n) is 9.87. The highest BCUT2D eigenvalue weighted by Crippen LogP contribution is 2.21. The highest BCUT2D eigenvalue weighted by Gasteiger charge is 2.18. The summed E-state index contributed by atoms with van der Waals surface area (Å²) >= 11 is 0. The van der Waals surface area contributed by atoms with Crippen LogP contribution in [0, 0.1) is 0 Å². The molecule has 5 heteroatoms. The second kappa shape index (κ2) is 4.97. The molecule has 0 radical (unpaired) electrons. The van der Waals surface area contributed by atoms with E-state index in [9.17, 15) is 5.11 Å². The molecular formula is C12H15N3O2. The fourth-order valence-electron chi connectivity index (χ4n) is 1.41. The quantitative estimate of drug-likeness (QED) is 0.869. The molecule has 90 valence electrons. The molecule has 0 aliphatic rings. The summed E-state index contributed by atoms with van der Waals surface area (Å²) in [6.07, 6.45) is -0.872. The van der Waals surface area contributed by atoms with Crippen LogP contribution in [-0.2, 0) is 0 Å². The molecule has 0 bridgehead atoms. The third kappa shape index (κ3) is 2.45. The second-order valence-electron chi connectivity index (χ2n) is 3.76. The van der Waals surface area contributed by atoms with Crippen LogP contribution in [0.4, 0.5) is 5.95 Å². The molecule has 0 saturated carbocycles. The van der Waals surface area contributed by atoms with Crippen LogP contribution in [-0.4, -0.2) is 28.8 Å². The Morgan fingerprint density at radius 1 is 1.35 bits per heavy atom. The van der Waals surface area contributed by atoms with E-state index in [1.54, 1.807) is 0 Å². The molecule has 2 aromatic rings. The lowest BCUT2D eigenvalue weighted by Gasteiger charge is -2.09. The summed E-state index contributed by atoms with van der Waals surface area (Å²) < 4.78 is 5.05. The lowest BCUT2D eigenvalue weighted by Crippen LogP contribution is -2.17. The van der Waals surface area contributed by atoms with Gasteiger partial charge in [-0.1, -0.05) is 30.3 Å². The smallest absolute Gasteiger partial charge is 0.265 e. The maximum absolute atomic E-state index is 10.0. The average molecular weight is 233 g/mol. The predicted molar refractivity (Wildman–Crippen MR) is 63.7 cm³/mol. The first-order chi connectivity index (χ1) is 8.22. The SMILES string of the molecule is CCN(C)c1noc(C(O)c2ccccc2)n1. The lowest BCUT2D eigenvalue weighted by atomic mass is 10.1. The number of hydrogen-bond acceptors (Lipinski definition) is 5. The Kier molecular flexibility index (Phi) is 3.39. The molecule has 5 nitrogen and oxygen atoms in total. The van der Waals surface area contributed by atoms with Gasteiger partial charge in [-0.2, -0.15) is 4.98 Å². The summed E-state index contributed by atoms with van der Waals surface area (Å²) in [5, 5.41) is 13.9. The maximum atomic E-state index is 10.0. The van der Waals surface area contributed by atoms with Crippen LogP contribution in [0.25, 0.3) is 0 Å². The minimum absolute atomic E-state index is 0.214. The van der Waals surface area contributed by atoms with Crippen molar-refractivity contribution >= 4 is 5.95 Å². The fourth-order valence-corrected chi connectivity index (χ4v) is 1.41. The second-order valence-corrected chi connectivity index (χ2v) is 3.76. The Balaban J connectivity index is 2.20. The van der Waals surface area contributed by atoms with Crippen LogP contribution >= 0.6 is 0 Å². The van der Waals surface area contributed by atoms with Gasteiger partial charge in [-0.25, -0.2) is 0 Å². The van der Waals surface area contributed by atoms with Gasteiger partial charge in [0, 0.05) is 13.6 Å². The number of benzene rings is 1. The summed E-state index contributed by atoms with van der Waals surface area (Å²) in [5.41, 5.74) is 0.738. The average Bonchev–Trinajstić information content (AvgIpc) is 2.87. The van der Waals surface area contributed by atoms with Crippen LogP contribution in [0.1, 0.15) is 24.5 Å². The van der Waals surface area contributed by atoms with E-state index in [4.69, 9.17) is 4.52 Å². The van der Waals surface area contributed by atoms with Gasteiger partial charge in [0.1, 0.15) is 0 Å². The van der Waals surface area contributed by atoms with E-state index in [0.717, 1.165) is 12.1 Å². The van der Waals surface area contributed by atoms with Crippen molar-refractivity contribution in [3.8, 4) is 0 Å². The molecule has 0 aliphatic heterocycles. The first kappa shape index (κ1) is 11.6. The molecule has 1 N–H and O–H groups in total. The summed E-state index contributed by atoms with van der Waals surface area (Å²) in [7, 11) is 1.86. The van der Waals surface area contributed by atoms with Gasteiger partial charge in [0.15, 0.2) is 6.10 Å². The highest BCUT2D eigenvalue weighted by atomic mass is 16.5. The molecule has 17 heavy (non-hydrogen) atoms. The Labute approximate surface area is 99.7 Å². The molecular weight excluding hydrogens is 218 g/mol. The minimum atomic E-state index is -0.872. The summed E-state index contributed by atoms with van der Waals surface area (Å²) in [6, 6.07) is 9.23. The molecule has 1 unspecified atom stereocenters. The Morgan fingerprint density at radius 2 is 2.06 bits per heavy atom. The zero-order chi connectivity index (χ0) is 12.3. The highest BCUT2D eigenvalue weighted by molar-refractivity contribution is 5.28. The summed E-state index contributed by atoms with van der Waals surface area (Å²) in [5.74, 6) is 0.698. The largest absolute Gasteiger partial charge is 0.378 e. The van der Waals surface area contributed by atoms with Crippen molar-refractivity contribution in [2.24, 2.45) is 0 Å². The predicted octanol–water partition coefficient (Wildman–Crippen LogP) is 1.61. The molecule has 2 rings (SSSR count). The van der Waals surface area contributed by atoms with Gasteiger partial charge in [-0.15, -0.1) is 0 Å². The van der Waals surface area contributed by atoms with Crippen molar-refractivity contribution in [2.75, 3.05) is 18.5 Å². The molecule has 1 atom stereocenters. The van der Waals surface area contributed by atoms with Crippen LogP contribution in [0.5, 0.6) is 0 Å². The third-order valence-electron chi connectivity index (χ3n) is 2.60. The first-order valence-corrected chi connectivity index (χ1v) is 5.50. The van der Waals surface area contributed by atoms with E-state index < -0.39 is 6.10 Å². The summed E-state index contributed by atoms with van der Waals surface area (Å²) in [6.45, 7) is 2.77. The van der Waals surface area contributed by atoms with Crippen molar-refractivity contribution in [2.45, 2.75) is 13.0 Å². The van der Waals surface area contributed by atoms with E-state index in [1.165, 1.54) is 0 Å². The molecule has 0 spiro atoms. The monoisotopic (exact) mass is 233 g/mol. The Hall–Kier alpha value is -1.88. The molecule has 0 fully saturated rings. The van der Waals surface area contributed by atoms with Gasteiger partial charge >= 0.3 is 0 Å². The van der Waals surface area contributed by atoms with E-state index in [-0.39, 0.29) is 5.89 Å². The van der Waals surface area contributed by atoms with Crippen molar-refractivity contribution in [3.63, 3.8) is 0 Å². The van der Waals surface area contributed by atoms with Crippen molar-refractivity contribution < 1.29 is 9.63 Å². The van der Waals surface area contributed by atoms with Gasteiger partial charge in [0.25, 0.3) is 11.8 Å². The molecule has 1 aromatic heterocycles. The van der Waals surface area contributed by atoms with E-state index in [0.29, 0.717) is 5.95 Å². The van der Waals surface area contributed by atoms with Gasteiger partial charge in [0.2, 0.25) is 0 Å². The van der Waals surface area contributed by atoms with Gasteiger partial charge in [-0.05, 0) is 17.6 Å². The van der Waals surface area contributed by atoms with Crippen LogP contribution in [0.3, 0.4) is 0 Å². The number of rotatable bonds is 4. The molecule has 0 amide bonds. The topological polar surface area (TPSA) is 62.4 Å². The number of nitrogens with zero attached hydrogens (tertiary/aromatic N) is 3. The third-order valence-corrected chi connectivity index (χ3v) is 2.60. The first-order valence-electron chi connectivity index (χ1n) is 5.50. The maximum Gasteiger partial charge on any atom is 0.265 e. The van der Waals surface area contributed by atoms with Crippen LogP contribution < -0.4 is 4.90 Å². The van der Waals surface area contributed by atoms with E-state index >= 15 is 0 Å². The summed E-state index contributed by atoms with van der Waals surface area (Å²) in [4.78, 5) is 5.99. The van der Waals surface area contributed by atoms with Crippen LogP contribution in [0.15, 0.2) is 34.9 Å². The van der Waals surface area contributed by atoms with E-state index in [1.807, 2.05) is 49.2 Å². The minimum Gasteiger partial charge on any atom is -0.378 e. The lowest BCUT2D eigenvalue weighted by molar-refractivity contribution is 0.170. The van der Waals surface area contributed by atoms with Crippen molar-refractivity contribution in [1.29, 1.82) is 0 Å². The van der Waals surface area contributed by atoms with Gasteiger partial charge in [0.05, 0.1) is 0 Å². The number of aliphatic hydroxyl groups excluding tert-OH is 1. The Morgan fingerprint density at radius 3 is 2.71 bits per heavy atom. The molecule has 1 aromatic carbocycles. The molecule has 0 saturated heterocycles. The fraction of sp³-hybridized carbons (Fsp3) is 0.333. The number of aliphatic hydroxyl groups is 1. The van der Waals surface area contributed by atoms with Crippen molar-refractivity contribution in [1.82, 2.24) is 10.1 Å². The van der Waals surface area contributed by atoms with E-state index in [2.05, 4.69) is 10.1 Å². The van der Waals surface area contributed by atoms with Crippen molar-refractivity contribution in [3.05, 3.63) is 41.8 Å². The number of hydrogen-bond donors (Lipinski definition) is 1. The molecule has 0 aliphatic carbocycles. The number of aromatic nitrogens is 2. The normalized spacial score (nSPS) is 12.4. The van der Waals surface area contributed by atoms with Gasteiger partial charge < -0.3 is 14.5 Å². The Bertz CT molecular complexity index is 470. The van der Waals surface area contributed by atoms with Gasteiger partial charge in [-0.3, -0.25) is 0 Å². The molecule has 1 heterocycles. The van der Waals surface area contributed by atoms with Crippen LogP contribution in [0.2, 0.25) is 0 Å².